The van der Waals surface area contributed by atoms with E-state index >= 15 is 0 Å². The highest BCUT2D eigenvalue weighted by Crippen LogP contribution is 2.28. The molecule has 0 radical (unpaired) electrons. The molecule has 1 atom stereocenters. The lowest BCUT2D eigenvalue weighted by Gasteiger charge is -2.17. The lowest BCUT2D eigenvalue weighted by molar-refractivity contribution is 0.0945. The maximum atomic E-state index is 12.1. The van der Waals surface area contributed by atoms with Crippen LogP contribution in [-0.4, -0.2) is 20.9 Å². The third-order valence-electron chi connectivity index (χ3n) is 3.28. The number of rotatable bonds is 5. The number of hydrogen-bond donors (Lipinski definition) is 2. The molecule has 0 fully saturated rings. The van der Waals surface area contributed by atoms with Gasteiger partial charge in [-0.15, -0.1) is 0 Å². The van der Waals surface area contributed by atoms with Gasteiger partial charge in [0.15, 0.2) is 0 Å². The highest BCUT2D eigenvalue weighted by Gasteiger charge is 2.21. The van der Waals surface area contributed by atoms with Crippen molar-refractivity contribution >= 4 is 39.1 Å². The van der Waals surface area contributed by atoms with Crippen LogP contribution >= 0.6 is 23.2 Å². The molecule has 1 unspecified atom stereocenters. The first kappa shape index (κ1) is 18.2. The van der Waals surface area contributed by atoms with Crippen LogP contribution in [-0.2, 0) is 10.0 Å². The second-order valence-electron chi connectivity index (χ2n) is 5.24. The van der Waals surface area contributed by atoms with Gasteiger partial charge in [0.05, 0.1) is 10.6 Å². The molecule has 1 rings (SSSR count). The summed E-state index contributed by atoms with van der Waals surface area (Å²) in [7, 11) is -4.05. The standard InChI is InChI=1S/C13H18Cl2N2O3S/c1-7(2)8(3)6-17-13(18)10-4-9(14)5-11(12(10)15)21(16,19)20/h4-5,7-8H,6H2,1-3H3,(H,17,18)(H2,16,19,20). The van der Waals surface area contributed by atoms with Crippen LogP contribution in [0.5, 0.6) is 0 Å². The zero-order valence-corrected chi connectivity index (χ0v) is 14.3. The lowest BCUT2D eigenvalue weighted by Crippen LogP contribution is -2.30. The Labute approximate surface area is 134 Å². The largest absolute Gasteiger partial charge is 0.352 e. The van der Waals surface area contributed by atoms with E-state index < -0.39 is 15.9 Å². The van der Waals surface area contributed by atoms with Crippen molar-refractivity contribution in [2.75, 3.05) is 6.54 Å². The first-order valence-corrected chi connectivity index (χ1v) is 8.64. The third-order valence-corrected chi connectivity index (χ3v) is 4.95. The van der Waals surface area contributed by atoms with Crippen LogP contribution in [0.4, 0.5) is 0 Å². The molecule has 0 saturated heterocycles. The minimum atomic E-state index is -4.05. The fourth-order valence-corrected chi connectivity index (χ4v) is 2.97. The molecule has 0 aliphatic rings. The van der Waals surface area contributed by atoms with Crippen molar-refractivity contribution in [1.82, 2.24) is 5.32 Å². The predicted molar refractivity (Wildman–Crippen MR) is 84.2 cm³/mol. The van der Waals surface area contributed by atoms with E-state index in [0.29, 0.717) is 12.5 Å². The van der Waals surface area contributed by atoms with Crippen LogP contribution < -0.4 is 10.5 Å². The van der Waals surface area contributed by atoms with Gasteiger partial charge in [-0.1, -0.05) is 44.0 Å². The summed E-state index contributed by atoms with van der Waals surface area (Å²) in [6, 6.07) is 2.43. The van der Waals surface area contributed by atoms with Crippen LogP contribution in [0.25, 0.3) is 0 Å². The Morgan fingerprint density at radius 1 is 1.29 bits per heavy atom. The Morgan fingerprint density at radius 3 is 2.33 bits per heavy atom. The fraction of sp³-hybridized carbons (Fsp3) is 0.462. The third kappa shape index (κ3) is 4.85. The summed E-state index contributed by atoms with van der Waals surface area (Å²) in [5.74, 6) is 0.185. The molecule has 1 aromatic carbocycles. The first-order valence-electron chi connectivity index (χ1n) is 6.34. The van der Waals surface area contributed by atoms with Gasteiger partial charge < -0.3 is 5.32 Å². The van der Waals surface area contributed by atoms with Crippen LogP contribution in [0, 0.1) is 11.8 Å². The molecule has 5 nitrogen and oxygen atoms in total. The summed E-state index contributed by atoms with van der Waals surface area (Å²) in [5, 5.41) is 7.61. The van der Waals surface area contributed by atoms with Crippen molar-refractivity contribution in [3.63, 3.8) is 0 Å². The summed E-state index contributed by atoms with van der Waals surface area (Å²) < 4.78 is 22.9. The number of hydrogen-bond acceptors (Lipinski definition) is 3. The van der Waals surface area contributed by atoms with E-state index in [1.54, 1.807) is 0 Å². The summed E-state index contributed by atoms with van der Waals surface area (Å²) in [6.45, 7) is 6.54. The van der Waals surface area contributed by atoms with Crippen molar-refractivity contribution in [1.29, 1.82) is 0 Å². The molecule has 0 aromatic heterocycles. The molecular formula is C13H18Cl2N2O3S. The number of sulfonamides is 1. The SMILES string of the molecule is CC(C)C(C)CNC(=O)c1cc(Cl)cc(S(N)(=O)=O)c1Cl. The Bertz CT molecular complexity index is 645. The smallest absolute Gasteiger partial charge is 0.252 e. The number of nitrogens with two attached hydrogens (primary N) is 1. The van der Waals surface area contributed by atoms with Gasteiger partial charge in [0.25, 0.3) is 5.91 Å². The molecule has 3 N–H and O–H groups in total. The number of amides is 1. The van der Waals surface area contributed by atoms with Crippen LogP contribution in [0.1, 0.15) is 31.1 Å². The van der Waals surface area contributed by atoms with Crippen LogP contribution in [0.2, 0.25) is 10.0 Å². The summed E-state index contributed by atoms with van der Waals surface area (Å²) in [5.41, 5.74) is -0.0100. The number of carbonyl (C=O) groups excluding carboxylic acids is 1. The highest BCUT2D eigenvalue weighted by molar-refractivity contribution is 7.89. The molecule has 1 amide bonds. The quantitative estimate of drug-likeness (QED) is 0.853. The van der Waals surface area contributed by atoms with Crippen LogP contribution in [0.3, 0.4) is 0 Å². The average Bonchev–Trinajstić information content (AvgIpc) is 2.36. The molecule has 0 saturated carbocycles. The molecule has 8 heteroatoms. The van der Waals surface area contributed by atoms with Gasteiger partial charge in [-0.3, -0.25) is 4.79 Å². The maximum absolute atomic E-state index is 12.1. The average molecular weight is 353 g/mol. The van der Waals surface area contributed by atoms with E-state index in [1.165, 1.54) is 6.07 Å². The van der Waals surface area contributed by atoms with Gasteiger partial charge in [-0.05, 0) is 24.0 Å². The number of carbonyl (C=O) groups is 1. The van der Waals surface area contributed by atoms with E-state index in [9.17, 15) is 13.2 Å². The van der Waals surface area contributed by atoms with Gasteiger partial charge in [-0.2, -0.15) is 0 Å². The number of halogens is 2. The monoisotopic (exact) mass is 352 g/mol. The van der Waals surface area contributed by atoms with Crippen molar-refractivity contribution in [3.05, 3.63) is 27.7 Å². The van der Waals surface area contributed by atoms with Crippen LogP contribution in [0.15, 0.2) is 17.0 Å². The Hall–Kier alpha value is -0.820. The van der Waals surface area contributed by atoms with Crippen molar-refractivity contribution in [3.8, 4) is 0 Å². The minimum absolute atomic E-state index is 0.0100. The number of benzene rings is 1. The molecule has 118 valence electrons. The zero-order valence-electron chi connectivity index (χ0n) is 12.0. The molecular weight excluding hydrogens is 335 g/mol. The Kier molecular flexibility index (Phi) is 6.04. The molecule has 0 aliphatic heterocycles. The van der Waals surface area contributed by atoms with Crippen molar-refractivity contribution in [2.24, 2.45) is 17.0 Å². The Morgan fingerprint density at radius 2 is 1.86 bits per heavy atom. The maximum Gasteiger partial charge on any atom is 0.252 e. The zero-order chi connectivity index (χ0) is 16.4. The molecule has 21 heavy (non-hydrogen) atoms. The van der Waals surface area contributed by atoms with Gasteiger partial charge in [0.2, 0.25) is 10.0 Å². The number of primary sulfonamides is 1. The number of nitrogens with one attached hydrogen (secondary N) is 1. The predicted octanol–water partition coefficient (Wildman–Crippen LogP) is 2.66. The summed E-state index contributed by atoms with van der Waals surface area (Å²) in [6.07, 6.45) is 0. The van der Waals surface area contributed by atoms with Gasteiger partial charge >= 0.3 is 0 Å². The highest BCUT2D eigenvalue weighted by atomic mass is 35.5. The van der Waals surface area contributed by atoms with E-state index in [-0.39, 0.29) is 26.4 Å². The molecule has 0 spiro atoms. The minimum Gasteiger partial charge on any atom is -0.352 e. The molecule has 0 heterocycles. The van der Waals surface area contributed by atoms with E-state index in [4.69, 9.17) is 28.3 Å². The fourth-order valence-electron chi connectivity index (χ4n) is 1.52. The molecule has 0 aliphatic carbocycles. The molecule has 1 aromatic rings. The second-order valence-corrected chi connectivity index (χ2v) is 7.59. The second kappa shape index (κ2) is 6.96. The summed E-state index contributed by atoms with van der Waals surface area (Å²) in [4.78, 5) is 11.8. The van der Waals surface area contributed by atoms with E-state index in [0.717, 1.165) is 6.07 Å². The van der Waals surface area contributed by atoms with Crippen molar-refractivity contribution in [2.45, 2.75) is 25.7 Å². The molecule has 0 bridgehead atoms. The van der Waals surface area contributed by atoms with Crippen molar-refractivity contribution < 1.29 is 13.2 Å². The Balaban J connectivity index is 3.08. The van der Waals surface area contributed by atoms with E-state index in [1.807, 2.05) is 20.8 Å². The first-order chi connectivity index (χ1) is 9.54. The summed E-state index contributed by atoms with van der Waals surface area (Å²) >= 11 is 11.8. The van der Waals surface area contributed by atoms with E-state index in [2.05, 4.69) is 5.32 Å². The topological polar surface area (TPSA) is 89.3 Å². The van der Waals surface area contributed by atoms with Gasteiger partial charge in [0.1, 0.15) is 4.90 Å². The normalized spacial score (nSPS) is 13.3. The lowest BCUT2D eigenvalue weighted by atomic mass is 9.98. The van der Waals surface area contributed by atoms with Gasteiger partial charge in [0, 0.05) is 11.6 Å². The van der Waals surface area contributed by atoms with Gasteiger partial charge in [-0.25, -0.2) is 13.6 Å².